The number of hydrogen-bond donors (Lipinski definition) is 1. The number of carbonyl (C=O) groups excluding carboxylic acids is 1. The number of aryl methyl sites for hydroxylation is 1. The van der Waals surface area contributed by atoms with Gasteiger partial charge >= 0.3 is 5.69 Å². The first-order chi connectivity index (χ1) is 15.5. The van der Waals surface area contributed by atoms with E-state index in [0.29, 0.717) is 17.7 Å². The zero-order valence-electron chi connectivity index (χ0n) is 18.1. The molecule has 1 amide bonds. The lowest BCUT2D eigenvalue weighted by atomic mass is 10.1. The molecule has 0 aliphatic heterocycles. The van der Waals surface area contributed by atoms with Crippen LogP contribution in [0.15, 0.2) is 76.6 Å². The molecule has 1 atom stereocenters. The second-order valence-electron chi connectivity index (χ2n) is 7.65. The maximum absolute atomic E-state index is 13.3. The summed E-state index contributed by atoms with van der Waals surface area (Å²) >= 11 is 0. The number of aromatic nitrogens is 4. The first kappa shape index (κ1) is 21.3. The van der Waals surface area contributed by atoms with E-state index in [-0.39, 0.29) is 19.1 Å². The molecule has 0 saturated heterocycles. The largest absolute Gasteiger partial charge is 0.348 e. The van der Waals surface area contributed by atoms with Gasteiger partial charge in [-0.15, -0.1) is 0 Å². The molecule has 2 aromatic heterocycles. The smallest absolute Gasteiger partial charge is 0.333 e. The van der Waals surface area contributed by atoms with E-state index in [1.54, 1.807) is 10.9 Å². The summed E-state index contributed by atoms with van der Waals surface area (Å²) in [5.41, 5.74) is 1.39. The molecule has 0 aliphatic carbocycles. The zero-order valence-corrected chi connectivity index (χ0v) is 18.1. The number of benzene rings is 2. The van der Waals surface area contributed by atoms with Crippen molar-refractivity contribution >= 4 is 17.1 Å². The molecule has 2 heterocycles. The minimum Gasteiger partial charge on any atom is -0.348 e. The van der Waals surface area contributed by atoms with Crippen LogP contribution in [-0.4, -0.2) is 24.6 Å². The molecule has 0 spiro atoms. The van der Waals surface area contributed by atoms with Crippen molar-refractivity contribution < 1.29 is 4.79 Å². The lowest BCUT2D eigenvalue weighted by Crippen LogP contribution is -2.44. The van der Waals surface area contributed by atoms with Crippen LogP contribution in [0.2, 0.25) is 0 Å². The quantitative estimate of drug-likeness (QED) is 0.486. The Morgan fingerprint density at radius 2 is 1.66 bits per heavy atom. The monoisotopic (exact) mass is 431 g/mol. The number of amides is 1. The fraction of sp³-hybridized carbons (Fsp3) is 0.250. The van der Waals surface area contributed by atoms with Crippen LogP contribution >= 0.6 is 0 Å². The van der Waals surface area contributed by atoms with Crippen LogP contribution < -0.4 is 16.6 Å². The van der Waals surface area contributed by atoms with Gasteiger partial charge in [0.15, 0.2) is 11.2 Å². The summed E-state index contributed by atoms with van der Waals surface area (Å²) in [6.45, 7) is 4.16. The molecule has 4 aromatic rings. The highest BCUT2D eigenvalue weighted by atomic mass is 16.2. The van der Waals surface area contributed by atoms with Crippen LogP contribution in [-0.2, 0) is 24.4 Å². The minimum atomic E-state index is -0.560. The maximum Gasteiger partial charge on any atom is 0.333 e. The highest BCUT2D eigenvalue weighted by molar-refractivity contribution is 5.77. The zero-order chi connectivity index (χ0) is 22.7. The first-order valence-corrected chi connectivity index (χ1v) is 10.6. The van der Waals surface area contributed by atoms with E-state index in [2.05, 4.69) is 10.3 Å². The van der Waals surface area contributed by atoms with Crippen LogP contribution in [0.3, 0.4) is 0 Å². The van der Waals surface area contributed by atoms with Gasteiger partial charge in [-0.05, 0) is 25.0 Å². The summed E-state index contributed by atoms with van der Waals surface area (Å²) < 4.78 is 4.14. The van der Waals surface area contributed by atoms with Gasteiger partial charge < -0.3 is 9.88 Å². The first-order valence-electron chi connectivity index (χ1n) is 10.6. The molecule has 0 fully saturated rings. The average molecular weight is 431 g/mol. The summed E-state index contributed by atoms with van der Waals surface area (Å²) in [7, 11) is 0. The Labute approximate surface area is 184 Å². The van der Waals surface area contributed by atoms with Crippen LogP contribution in [0, 0.1) is 0 Å². The number of carbonyl (C=O) groups is 1. The van der Waals surface area contributed by atoms with Crippen molar-refractivity contribution in [2.75, 3.05) is 0 Å². The van der Waals surface area contributed by atoms with Crippen LogP contribution in [0.5, 0.6) is 0 Å². The van der Waals surface area contributed by atoms with Crippen molar-refractivity contribution in [2.45, 2.75) is 39.5 Å². The molecule has 4 rings (SSSR count). The Kier molecular flexibility index (Phi) is 6.02. The van der Waals surface area contributed by atoms with E-state index in [9.17, 15) is 14.4 Å². The highest BCUT2D eigenvalue weighted by Crippen LogP contribution is 2.12. The molecule has 1 N–H and O–H groups in total. The molecule has 32 heavy (non-hydrogen) atoms. The van der Waals surface area contributed by atoms with Crippen molar-refractivity contribution in [3.63, 3.8) is 0 Å². The van der Waals surface area contributed by atoms with E-state index < -0.39 is 17.2 Å². The van der Waals surface area contributed by atoms with Crippen molar-refractivity contribution in [2.24, 2.45) is 0 Å². The number of nitrogens with one attached hydrogen (secondary N) is 1. The Morgan fingerprint density at radius 1 is 1.00 bits per heavy atom. The molecule has 0 unspecified atom stereocenters. The number of nitrogens with zero attached hydrogens (tertiary/aromatic N) is 4. The topological polar surface area (TPSA) is 90.9 Å². The summed E-state index contributed by atoms with van der Waals surface area (Å²) in [6, 6.07) is 18.7. The summed E-state index contributed by atoms with van der Waals surface area (Å²) in [6.07, 6.45) is 1.55. The van der Waals surface area contributed by atoms with E-state index in [4.69, 9.17) is 0 Å². The van der Waals surface area contributed by atoms with Crippen LogP contribution in [0.1, 0.15) is 31.0 Å². The summed E-state index contributed by atoms with van der Waals surface area (Å²) in [5, 5.41) is 2.87. The van der Waals surface area contributed by atoms with Crippen LogP contribution in [0.25, 0.3) is 11.2 Å². The van der Waals surface area contributed by atoms with Gasteiger partial charge in [-0.25, -0.2) is 14.3 Å². The van der Waals surface area contributed by atoms with Crippen LogP contribution in [0.4, 0.5) is 0 Å². The Bertz CT molecular complexity index is 1350. The molecular formula is C24H25N5O3. The summed E-state index contributed by atoms with van der Waals surface area (Å²) in [5.74, 6) is -0.409. The van der Waals surface area contributed by atoms with Gasteiger partial charge in [-0.3, -0.25) is 14.2 Å². The van der Waals surface area contributed by atoms with Gasteiger partial charge in [0.05, 0.1) is 18.9 Å². The van der Waals surface area contributed by atoms with Crippen molar-refractivity contribution in [3.05, 3.63) is 99.0 Å². The molecule has 0 saturated carbocycles. The van der Waals surface area contributed by atoms with Gasteiger partial charge in [-0.2, -0.15) is 0 Å². The molecule has 0 radical (unpaired) electrons. The Hall–Kier alpha value is -3.94. The third kappa shape index (κ3) is 4.12. The second-order valence-corrected chi connectivity index (χ2v) is 7.65. The predicted octanol–water partition coefficient (Wildman–Crippen LogP) is 2.31. The number of fused-ring (bicyclic) bond motifs is 1. The molecule has 0 aliphatic rings. The lowest BCUT2D eigenvalue weighted by molar-refractivity contribution is -0.122. The van der Waals surface area contributed by atoms with E-state index in [1.165, 1.54) is 4.57 Å². The molecule has 2 aromatic carbocycles. The molecule has 8 heteroatoms. The average Bonchev–Trinajstić information content (AvgIpc) is 3.25. The van der Waals surface area contributed by atoms with Crippen molar-refractivity contribution in [1.29, 1.82) is 0 Å². The third-order valence-corrected chi connectivity index (χ3v) is 5.49. The molecular weight excluding hydrogens is 406 g/mol. The van der Waals surface area contributed by atoms with Crippen molar-refractivity contribution in [3.8, 4) is 0 Å². The van der Waals surface area contributed by atoms with E-state index in [1.807, 2.05) is 74.5 Å². The summed E-state index contributed by atoms with van der Waals surface area (Å²) in [4.78, 5) is 43.6. The van der Waals surface area contributed by atoms with Gasteiger partial charge in [0.1, 0.15) is 6.54 Å². The number of rotatable bonds is 7. The molecule has 0 bridgehead atoms. The fourth-order valence-corrected chi connectivity index (χ4v) is 3.78. The Balaban J connectivity index is 1.73. The number of hydrogen-bond acceptors (Lipinski definition) is 4. The third-order valence-electron chi connectivity index (χ3n) is 5.49. The van der Waals surface area contributed by atoms with Gasteiger partial charge in [0.25, 0.3) is 5.56 Å². The second kappa shape index (κ2) is 9.05. The fourth-order valence-electron chi connectivity index (χ4n) is 3.78. The molecule has 164 valence electrons. The number of imidazole rings is 1. The predicted molar refractivity (Wildman–Crippen MR) is 122 cm³/mol. The minimum absolute atomic E-state index is 0.249. The lowest BCUT2D eigenvalue weighted by Gasteiger charge is -2.16. The van der Waals surface area contributed by atoms with E-state index >= 15 is 0 Å². The van der Waals surface area contributed by atoms with Gasteiger partial charge in [-0.1, -0.05) is 60.7 Å². The normalized spacial score (nSPS) is 12.1. The molecule has 8 nitrogen and oxygen atoms in total. The van der Waals surface area contributed by atoms with Gasteiger partial charge in [0, 0.05) is 6.54 Å². The maximum atomic E-state index is 13.3. The Morgan fingerprint density at radius 3 is 2.31 bits per heavy atom. The van der Waals surface area contributed by atoms with E-state index in [0.717, 1.165) is 15.7 Å². The highest BCUT2D eigenvalue weighted by Gasteiger charge is 2.20. The van der Waals surface area contributed by atoms with Crippen molar-refractivity contribution in [1.82, 2.24) is 24.0 Å². The SMILES string of the molecule is CCn1cnc2c1c(=O)n(CC(=O)N[C@H](C)c1ccccc1)c(=O)n2Cc1ccccc1. The standard InChI is InChI=1S/C24H25N5O3/c1-3-27-16-25-22-21(27)23(31)29(24(32)28(22)14-18-10-6-4-7-11-18)15-20(30)26-17(2)19-12-8-5-9-13-19/h4-13,16-17H,3,14-15H2,1-2H3,(H,26,30)/t17-/m1/s1. The van der Waals surface area contributed by atoms with Gasteiger partial charge in [0.2, 0.25) is 5.91 Å².